The van der Waals surface area contributed by atoms with E-state index in [-0.39, 0.29) is 17.1 Å². The first-order chi connectivity index (χ1) is 12.0. The Labute approximate surface area is 145 Å². The van der Waals surface area contributed by atoms with Gasteiger partial charge < -0.3 is 15.1 Å². The Morgan fingerprint density at radius 1 is 1.28 bits per heavy atom. The summed E-state index contributed by atoms with van der Waals surface area (Å²) in [4.78, 5) is 13.9. The summed E-state index contributed by atoms with van der Waals surface area (Å²) in [6.45, 7) is 0.649. The molecule has 0 radical (unpaired) electrons. The van der Waals surface area contributed by atoms with Crippen molar-refractivity contribution in [2.24, 2.45) is 5.10 Å². The summed E-state index contributed by atoms with van der Waals surface area (Å²) < 4.78 is 0. The van der Waals surface area contributed by atoms with Crippen LogP contribution in [0.4, 0.5) is 5.69 Å². The number of carbonyl (C=O) groups excluding carboxylic acids is 1. The number of amides is 1. The van der Waals surface area contributed by atoms with Crippen molar-refractivity contribution in [1.82, 2.24) is 5.43 Å². The minimum Gasteiger partial charge on any atom is -0.508 e. The van der Waals surface area contributed by atoms with Crippen LogP contribution in [0.1, 0.15) is 22.3 Å². The SMILES string of the molecule is CN(CCC#N)c1ccc(/C=N\NC(=O)c2ccc(O)cc2O)cc1. The highest BCUT2D eigenvalue weighted by Gasteiger charge is 2.10. The van der Waals surface area contributed by atoms with Crippen LogP contribution in [-0.4, -0.2) is 35.9 Å². The first-order valence-corrected chi connectivity index (χ1v) is 7.55. The van der Waals surface area contributed by atoms with E-state index < -0.39 is 5.91 Å². The number of carbonyl (C=O) groups is 1. The van der Waals surface area contributed by atoms with Crippen LogP contribution in [0.25, 0.3) is 0 Å². The molecule has 0 saturated carbocycles. The molecule has 0 bridgehead atoms. The van der Waals surface area contributed by atoms with Crippen LogP contribution >= 0.6 is 0 Å². The average Bonchev–Trinajstić information content (AvgIpc) is 2.60. The summed E-state index contributed by atoms with van der Waals surface area (Å²) in [6, 6.07) is 13.3. The lowest BCUT2D eigenvalue weighted by Crippen LogP contribution is -2.18. The van der Waals surface area contributed by atoms with E-state index in [9.17, 15) is 15.0 Å². The van der Waals surface area contributed by atoms with E-state index in [4.69, 9.17) is 5.26 Å². The van der Waals surface area contributed by atoms with E-state index in [1.54, 1.807) is 0 Å². The molecule has 0 heterocycles. The van der Waals surface area contributed by atoms with E-state index in [1.165, 1.54) is 18.3 Å². The highest BCUT2D eigenvalue weighted by molar-refractivity contribution is 5.97. The summed E-state index contributed by atoms with van der Waals surface area (Å²) in [5.41, 5.74) is 4.10. The number of hydrazone groups is 1. The monoisotopic (exact) mass is 338 g/mol. The molecule has 0 aliphatic carbocycles. The molecule has 0 saturated heterocycles. The van der Waals surface area contributed by atoms with Gasteiger partial charge in [-0.2, -0.15) is 10.4 Å². The molecule has 2 rings (SSSR count). The molecule has 0 atom stereocenters. The number of hydrogen-bond acceptors (Lipinski definition) is 6. The second-order valence-corrected chi connectivity index (χ2v) is 5.32. The lowest BCUT2D eigenvalue weighted by atomic mass is 10.2. The number of aromatic hydroxyl groups is 2. The zero-order valence-electron chi connectivity index (χ0n) is 13.7. The Morgan fingerprint density at radius 3 is 2.64 bits per heavy atom. The third kappa shape index (κ3) is 4.97. The van der Waals surface area contributed by atoms with Crippen molar-refractivity contribution in [3.8, 4) is 17.6 Å². The molecule has 0 aromatic heterocycles. The Balaban J connectivity index is 1.95. The molecule has 0 fully saturated rings. The molecular formula is C18H18N4O3. The van der Waals surface area contributed by atoms with Crippen LogP contribution in [-0.2, 0) is 0 Å². The van der Waals surface area contributed by atoms with Crippen molar-refractivity contribution in [3.05, 3.63) is 53.6 Å². The van der Waals surface area contributed by atoms with E-state index in [2.05, 4.69) is 16.6 Å². The van der Waals surface area contributed by atoms with Gasteiger partial charge in [-0.05, 0) is 29.8 Å². The topological polar surface area (TPSA) is 109 Å². The second-order valence-electron chi connectivity index (χ2n) is 5.32. The summed E-state index contributed by atoms with van der Waals surface area (Å²) in [5.74, 6) is -1.03. The van der Waals surface area contributed by atoms with Gasteiger partial charge in [0.2, 0.25) is 0 Å². The van der Waals surface area contributed by atoms with Crippen molar-refractivity contribution in [3.63, 3.8) is 0 Å². The summed E-state index contributed by atoms with van der Waals surface area (Å²) in [6.07, 6.45) is 1.93. The highest BCUT2D eigenvalue weighted by atomic mass is 16.3. The maximum Gasteiger partial charge on any atom is 0.275 e. The Hall–Kier alpha value is -3.53. The molecular weight excluding hydrogens is 320 g/mol. The van der Waals surface area contributed by atoms with Crippen molar-refractivity contribution < 1.29 is 15.0 Å². The van der Waals surface area contributed by atoms with Gasteiger partial charge in [-0.25, -0.2) is 5.43 Å². The average molecular weight is 338 g/mol. The lowest BCUT2D eigenvalue weighted by Gasteiger charge is -2.17. The van der Waals surface area contributed by atoms with Gasteiger partial charge in [0.25, 0.3) is 5.91 Å². The van der Waals surface area contributed by atoms with Crippen molar-refractivity contribution >= 4 is 17.8 Å². The Morgan fingerprint density at radius 2 is 2.00 bits per heavy atom. The summed E-state index contributed by atoms with van der Waals surface area (Å²) in [5, 5.41) is 31.3. The number of anilines is 1. The third-order valence-corrected chi connectivity index (χ3v) is 3.50. The molecule has 0 aliphatic heterocycles. The molecule has 7 heteroatoms. The fraction of sp³-hybridized carbons (Fsp3) is 0.167. The largest absolute Gasteiger partial charge is 0.508 e. The second kappa shape index (κ2) is 8.36. The zero-order chi connectivity index (χ0) is 18.2. The first-order valence-electron chi connectivity index (χ1n) is 7.55. The van der Waals surface area contributed by atoms with Gasteiger partial charge in [0.05, 0.1) is 24.3 Å². The van der Waals surface area contributed by atoms with Gasteiger partial charge in [0, 0.05) is 25.3 Å². The molecule has 0 aliphatic rings. The van der Waals surface area contributed by atoms with Gasteiger partial charge in [0.15, 0.2) is 0 Å². The smallest absolute Gasteiger partial charge is 0.275 e. The van der Waals surface area contributed by atoms with E-state index >= 15 is 0 Å². The molecule has 0 unspecified atom stereocenters. The van der Waals surface area contributed by atoms with Crippen LogP contribution in [0.5, 0.6) is 11.5 Å². The molecule has 2 aromatic rings. The first kappa shape index (κ1) is 17.8. The Bertz CT molecular complexity index is 810. The number of hydrogen-bond donors (Lipinski definition) is 3. The fourth-order valence-corrected chi connectivity index (χ4v) is 2.10. The number of nitrogens with one attached hydrogen (secondary N) is 1. The number of rotatable bonds is 6. The number of phenols is 2. The number of phenolic OH excluding ortho intramolecular Hbond substituents is 2. The normalized spacial score (nSPS) is 10.4. The maximum absolute atomic E-state index is 11.9. The number of benzene rings is 2. The molecule has 0 spiro atoms. The van der Waals surface area contributed by atoms with Gasteiger partial charge in [0.1, 0.15) is 11.5 Å². The maximum atomic E-state index is 11.9. The number of nitrogens with zero attached hydrogens (tertiary/aromatic N) is 3. The predicted octanol–water partition coefficient (Wildman–Crippen LogP) is 2.21. The van der Waals surface area contributed by atoms with Crippen molar-refractivity contribution in [2.75, 3.05) is 18.5 Å². The minimum atomic E-state index is -0.582. The van der Waals surface area contributed by atoms with Crippen molar-refractivity contribution in [1.29, 1.82) is 5.26 Å². The van der Waals surface area contributed by atoms with Crippen LogP contribution in [0.15, 0.2) is 47.6 Å². The predicted molar refractivity (Wildman–Crippen MR) is 94.8 cm³/mol. The van der Waals surface area contributed by atoms with Crippen LogP contribution in [0, 0.1) is 11.3 Å². The van der Waals surface area contributed by atoms with Gasteiger partial charge in [-0.15, -0.1) is 0 Å². The zero-order valence-corrected chi connectivity index (χ0v) is 13.7. The quantitative estimate of drug-likeness (QED) is 0.553. The van der Waals surface area contributed by atoms with Gasteiger partial charge >= 0.3 is 0 Å². The van der Waals surface area contributed by atoms with Crippen LogP contribution in [0.3, 0.4) is 0 Å². The highest BCUT2D eigenvalue weighted by Crippen LogP contribution is 2.22. The van der Waals surface area contributed by atoms with Gasteiger partial charge in [-0.1, -0.05) is 12.1 Å². The molecule has 2 aromatic carbocycles. The van der Waals surface area contributed by atoms with Crippen LogP contribution < -0.4 is 10.3 Å². The standard InChI is InChI=1S/C18H18N4O3/c1-22(10-2-9-19)14-5-3-13(4-6-14)12-20-21-18(25)16-8-7-15(23)11-17(16)24/h3-8,11-12,23-24H,2,10H2,1H3,(H,21,25)/b20-12-. The minimum absolute atomic E-state index is 0.0180. The molecule has 25 heavy (non-hydrogen) atoms. The molecule has 3 N–H and O–H groups in total. The van der Waals surface area contributed by atoms with Crippen LogP contribution in [0.2, 0.25) is 0 Å². The molecule has 1 amide bonds. The van der Waals surface area contributed by atoms with E-state index in [0.29, 0.717) is 13.0 Å². The van der Waals surface area contributed by atoms with E-state index in [1.807, 2.05) is 36.2 Å². The summed E-state index contributed by atoms with van der Waals surface area (Å²) in [7, 11) is 1.91. The number of nitriles is 1. The van der Waals surface area contributed by atoms with Gasteiger partial charge in [-0.3, -0.25) is 4.79 Å². The summed E-state index contributed by atoms with van der Waals surface area (Å²) >= 11 is 0. The molecule has 7 nitrogen and oxygen atoms in total. The third-order valence-electron chi connectivity index (χ3n) is 3.50. The lowest BCUT2D eigenvalue weighted by molar-refractivity contribution is 0.0952. The van der Waals surface area contributed by atoms with E-state index in [0.717, 1.165) is 17.3 Å². The molecule has 128 valence electrons. The Kier molecular flexibility index (Phi) is 5.96. The van der Waals surface area contributed by atoms with Crippen molar-refractivity contribution in [2.45, 2.75) is 6.42 Å². The fourth-order valence-electron chi connectivity index (χ4n) is 2.10.